The molecular formula is C16H16BrN5O2. The molecule has 3 rings (SSSR count). The van der Waals surface area contributed by atoms with Gasteiger partial charge < -0.3 is 10.1 Å². The summed E-state index contributed by atoms with van der Waals surface area (Å²) in [7, 11) is 1.78. The molecular weight excluding hydrogens is 374 g/mol. The first-order valence-electron chi connectivity index (χ1n) is 7.30. The molecule has 0 spiro atoms. The second-order valence-electron chi connectivity index (χ2n) is 5.19. The van der Waals surface area contributed by atoms with Crippen molar-refractivity contribution in [1.82, 2.24) is 19.6 Å². The molecule has 24 heavy (non-hydrogen) atoms. The van der Waals surface area contributed by atoms with E-state index in [1.807, 2.05) is 30.3 Å². The molecule has 124 valence electrons. The molecule has 1 amide bonds. The molecule has 0 saturated carbocycles. The Morgan fingerprint density at radius 2 is 2.00 bits per heavy atom. The first-order valence-corrected chi connectivity index (χ1v) is 8.10. The summed E-state index contributed by atoms with van der Waals surface area (Å²) in [5, 5.41) is 11.2. The van der Waals surface area contributed by atoms with Gasteiger partial charge in [0, 0.05) is 25.5 Å². The minimum atomic E-state index is -0.720. The van der Waals surface area contributed by atoms with Gasteiger partial charge in [-0.1, -0.05) is 18.2 Å². The van der Waals surface area contributed by atoms with Crippen molar-refractivity contribution < 1.29 is 9.53 Å². The molecule has 0 radical (unpaired) electrons. The van der Waals surface area contributed by atoms with Gasteiger partial charge in [0.2, 0.25) is 5.88 Å². The van der Waals surface area contributed by atoms with E-state index in [9.17, 15) is 4.79 Å². The van der Waals surface area contributed by atoms with Gasteiger partial charge in [-0.15, -0.1) is 5.10 Å². The van der Waals surface area contributed by atoms with E-state index in [2.05, 4.69) is 31.4 Å². The molecule has 2 aromatic heterocycles. The second-order valence-corrected chi connectivity index (χ2v) is 6.04. The van der Waals surface area contributed by atoms with Gasteiger partial charge in [-0.05, 0) is 35.0 Å². The monoisotopic (exact) mass is 389 g/mol. The molecule has 7 nitrogen and oxygen atoms in total. The first kappa shape index (κ1) is 16.3. The average Bonchev–Trinajstić information content (AvgIpc) is 3.14. The number of amides is 1. The van der Waals surface area contributed by atoms with Crippen LogP contribution in [0.3, 0.4) is 0 Å². The fourth-order valence-corrected chi connectivity index (χ4v) is 2.43. The molecule has 1 aromatic carbocycles. The van der Waals surface area contributed by atoms with Crippen LogP contribution < -0.4 is 10.1 Å². The van der Waals surface area contributed by atoms with Crippen LogP contribution in [0.4, 0.5) is 5.82 Å². The number of carbonyl (C=O) groups is 1. The number of ether oxygens (including phenoxy) is 1. The van der Waals surface area contributed by atoms with Gasteiger partial charge >= 0.3 is 0 Å². The van der Waals surface area contributed by atoms with Crippen LogP contribution in [0.15, 0.2) is 53.3 Å². The molecule has 0 aliphatic heterocycles. The van der Waals surface area contributed by atoms with Crippen LogP contribution in [0.2, 0.25) is 0 Å². The molecule has 8 heteroatoms. The number of hydrogen-bond donors (Lipinski definition) is 1. The minimum Gasteiger partial charge on any atom is -0.463 e. The third-order valence-corrected chi connectivity index (χ3v) is 3.83. The van der Waals surface area contributed by atoms with Crippen molar-refractivity contribution in [2.75, 3.05) is 5.32 Å². The summed E-state index contributed by atoms with van der Waals surface area (Å²) in [4.78, 5) is 12.2. The Labute approximate surface area is 147 Å². The predicted octanol–water partition coefficient (Wildman–Crippen LogP) is 2.77. The molecule has 0 saturated heterocycles. The number of carbonyl (C=O) groups excluding carboxylic acids is 1. The highest BCUT2D eigenvalue weighted by Gasteiger charge is 2.19. The van der Waals surface area contributed by atoms with Gasteiger partial charge in [0.1, 0.15) is 0 Å². The molecule has 0 aliphatic rings. The molecule has 1 N–H and O–H groups in total. The average molecular weight is 390 g/mol. The van der Waals surface area contributed by atoms with Crippen LogP contribution in [0, 0.1) is 0 Å². The third-order valence-electron chi connectivity index (χ3n) is 3.28. The lowest BCUT2D eigenvalue weighted by Crippen LogP contribution is -2.30. The second kappa shape index (κ2) is 6.88. The number of rotatable bonds is 5. The number of nitrogens with zero attached hydrogens (tertiary/aromatic N) is 4. The number of nitrogens with one attached hydrogen (secondary N) is 1. The summed E-state index contributed by atoms with van der Waals surface area (Å²) in [5.74, 6) is 0.532. The molecule has 0 bridgehead atoms. The SMILES string of the molecule is CC(Oc1nn(-c2ccccc2)cc1Br)C(=O)Nc1ccn(C)n1. The Morgan fingerprint density at radius 3 is 2.67 bits per heavy atom. The standard InChI is InChI=1S/C16H16BrN5O2/c1-11(15(23)18-14-8-9-21(2)19-14)24-16-13(17)10-22(20-16)12-6-4-3-5-7-12/h3-11H,1-2H3,(H,18,19,23). The van der Waals surface area contributed by atoms with E-state index in [-0.39, 0.29) is 5.91 Å². The number of hydrogen-bond acceptors (Lipinski definition) is 4. The van der Waals surface area contributed by atoms with Crippen molar-refractivity contribution in [3.05, 3.63) is 53.3 Å². The van der Waals surface area contributed by atoms with Crippen LogP contribution in [-0.2, 0) is 11.8 Å². The van der Waals surface area contributed by atoms with E-state index in [0.717, 1.165) is 5.69 Å². The highest BCUT2D eigenvalue weighted by atomic mass is 79.9. The predicted molar refractivity (Wildman–Crippen MR) is 93.2 cm³/mol. The van der Waals surface area contributed by atoms with Crippen LogP contribution in [0.1, 0.15) is 6.92 Å². The fourth-order valence-electron chi connectivity index (χ4n) is 2.06. The Morgan fingerprint density at radius 1 is 1.25 bits per heavy atom. The van der Waals surface area contributed by atoms with E-state index in [1.165, 1.54) is 0 Å². The molecule has 2 heterocycles. The van der Waals surface area contributed by atoms with Crippen molar-refractivity contribution in [2.24, 2.45) is 7.05 Å². The smallest absolute Gasteiger partial charge is 0.266 e. The van der Waals surface area contributed by atoms with Gasteiger partial charge in [0.05, 0.1) is 10.2 Å². The zero-order valence-corrected chi connectivity index (χ0v) is 14.8. The Kier molecular flexibility index (Phi) is 4.66. The summed E-state index contributed by atoms with van der Waals surface area (Å²) in [6.07, 6.45) is 2.82. The number of aryl methyl sites for hydroxylation is 1. The molecule has 0 aliphatic carbocycles. The number of anilines is 1. The van der Waals surface area contributed by atoms with Crippen LogP contribution in [0.5, 0.6) is 5.88 Å². The Bertz CT molecular complexity index is 843. The summed E-state index contributed by atoms with van der Waals surface area (Å²) in [6.45, 7) is 1.66. The quantitative estimate of drug-likeness (QED) is 0.727. The van der Waals surface area contributed by atoms with Crippen molar-refractivity contribution in [3.63, 3.8) is 0 Å². The lowest BCUT2D eigenvalue weighted by Gasteiger charge is -2.12. The Balaban J connectivity index is 1.69. The number of para-hydroxylation sites is 1. The highest BCUT2D eigenvalue weighted by molar-refractivity contribution is 9.10. The van der Waals surface area contributed by atoms with Crippen LogP contribution in [-0.4, -0.2) is 31.6 Å². The van der Waals surface area contributed by atoms with E-state index in [4.69, 9.17) is 4.74 Å². The van der Waals surface area contributed by atoms with Gasteiger partial charge in [-0.25, -0.2) is 4.68 Å². The lowest BCUT2D eigenvalue weighted by atomic mass is 10.3. The van der Waals surface area contributed by atoms with Gasteiger partial charge in [0.15, 0.2) is 11.9 Å². The zero-order chi connectivity index (χ0) is 17.1. The number of aromatic nitrogens is 4. The van der Waals surface area contributed by atoms with Crippen molar-refractivity contribution in [1.29, 1.82) is 0 Å². The van der Waals surface area contributed by atoms with Gasteiger partial charge in [-0.3, -0.25) is 9.48 Å². The number of halogens is 1. The minimum absolute atomic E-state index is 0.296. The topological polar surface area (TPSA) is 74.0 Å². The van der Waals surface area contributed by atoms with Crippen molar-refractivity contribution >= 4 is 27.7 Å². The van der Waals surface area contributed by atoms with E-state index >= 15 is 0 Å². The largest absolute Gasteiger partial charge is 0.463 e. The molecule has 0 fully saturated rings. The van der Waals surface area contributed by atoms with E-state index in [1.54, 1.807) is 41.8 Å². The Hall–Kier alpha value is -2.61. The number of benzene rings is 1. The van der Waals surface area contributed by atoms with Gasteiger partial charge in [-0.2, -0.15) is 5.10 Å². The summed E-state index contributed by atoms with van der Waals surface area (Å²) in [5.41, 5.74) is 0.902. The summed E-state index contributed by atoms with van der Waals surface area (Å²) < 4.78 is 9.63. The normalized spacial score (nSPS) is 12.0. The molecule has 1 atom stereocenters. The van der Waals surface area contributed by atoms with Crippen LogP contribution >= 0.6 is 15.9 Å². The first-order chi connectivity index (χ1) is 11.5. The maximum atomic E-state index is 12.2. The summed E-state index contributed by atoms with van der Waals surface area (Å²) in [6, 6.07) is 11.4. The zero-order valence-electron chi connectivity index (χ0n) is 13.2. The van der Waals surface area contributed by atoms with Crippen molar-refractivity contribution in [2.45, 2.75) is 13.0 Å². The van der Waals surface area contributed by atoms with Crippen LogP contribution in [0.25, 0.3) is 5.69 Å². The summed E-state index contributed by atoms with van der Waals surface area (Å²) >= 11 is 3.41. The maximum Gasteiger partial charge on any atom is 0.266 e. The van der Waals surface area contributed by atoms with E-state index in [0.29, 0.717) is 16.2 Å². The molecule has 3 aromatic rings. The maximum absolute atomic E-state index is 12.2. The van der Waals surface area contributed by atoms with Crippen molar-refractivity contribution in [3.8, 4) is 11.6 Å². The van der Waals surface area contributed by atoms with E-state index < -0.39 is 6.10 Å². The highest BCUT2D eigenvalue weighted by Crippen LogP contribution is 2.25. The fraction of sp³-hybridized carbons (Fsp3) is 0.188. The van der Waals surface area contributed by atoms with Gasteiger partial charge in [0.25, 0.3) is 5.91 Å². The third kappa shape index (κ3) is 3.65. The lowest BCUT2D eigenvalue weighted by molar-refractivity contribution is -0.122. The molecule has 1 unspecified atom stereocenters.